The number of methoxy groups -OCH3 is 1. The highest BCUT2D eigenvalue weighted by molar-refractivity contribution is 5.91. The van der Waals surface area contributed by atoms with E-state index in [1.165, 1.54) is 14.0 Å². The first-order chi connectivity index (χ1) is 22.8. The first kappa shape index (κ1) is 35.5. The minimum absolute atomic E-state index is 0.112. The van der Waals surface area contributed by atoms with Crippen molar-refractivity contribution in [3.8, 4) is 34.3 Å². The van der Waals surface area contributed by atoms with Crippen molar-refractivity contribution < 1.29 is 69.0 Å². The summed E-state index contributed by atoms with van der Waals surface area (Å²) in [5.41, 5.74) is 0.325. The van der Waals surface area contributed by atoms with E-state index in [2.05, 4.69) is 6.58 Å². The lowest BCUT2D eigenvalue weighted by Crippen LogP contribution is -2.64. The summed E-state index contributed by atoms with van der Waals surface area (Å²) < 4.78 is 34.6. The molecule has 1 aromatic heterocycles. The summed E-state index contributed by atoms with van der Waals surface area (Å²) in [6.07, 6.45) is -15.7. The van der Waals surface area contributed by atoms with Gasteiger partial charge in [-0.05, 0) is 51.0 Å². The fraction of sp³-hybridized carbons (Fsp3) is 0.485. The molecule has 10 atom stereocenters. The van der Waals surface area contributed by atoms with Crippen LogP contribution in [0.1, 0.15) is 25.8 Å². The molecule has 3 aromatic rings. The molecule has 5 rings (SSSR count). The van der Waals surface area contributed by atoms with Gasteiger partial charge in [-0.15, -0.1) is 6.58 Å². The van der Waals surface area contributed by atoms with E-state index in [1.54, 1.807) is 31.2 Å². The van der Waals surface area contributed by atoms with Crippen LogP contribution in [-0.4, -0.2) is 116 Å². The van der Waals surface area contributed by atoms with Gasteiger partial charge in [0.05, 0.1) is 19.8 Å². The number of benzene rings is 2. The van der Waals surface area contributed by atoms with Gasteiger partial charge in [-0.1, -0.05) is 5.57 Å². The summed E-state index contributed by atoms with van der Waals surface area (Å²) in [5.74, 6) is -1.11. The minimum Gasteiger partial charge on any atom is -0.507 e. The number of fused-ring (bicyclic) bond motifs is 1. The Kier molecular flexibility index (Phi) is 10.6. The molecule has 2 aliphatic rings. The standard InChI is InChI=1S/C33H40O15/c1-13(2)5-10-17-18(35)11-19(36)21-24(39)30(28(46-29(17)21)15-6-8-16(43-4)9-7-15)47-33-31(26(41)22(37)14(3)44-33)48-32-27(42)25(40)23(38)20(12-34)45-32/h6-9,11,14,20,22-23,25-27,31-38,40-42H,1,5,10,12H2,2-4H3/t14-,20+,22-,23+,25-,26+,27+,31+,32-,33-/m0/s1. The molecule has 262 valence electrons. The average molecular weight is 677 g/mol. The Morgan fingerprint density at radius 1 is 0.917 bits per heavy atom. The zero-order valence-corrected chi connectivity index (χ0v) is 26.4. The van der Waals surface area contributed by atoms with Gasteiger partial charge in [0, 0.05) is 17.2 Å². The monoisotopic (exact) mass is 676 g/mol. The van der Waals surface area contributed by atoms with Crippen LogP contribution in [0.15, 0.2) is 51.7 Å². The molecule has 3 heterocycles. The number of aryl methyl sites for hydroxylation is 1. The number of phenolic OH excluding ortho intramolecular Hbond substituents is 2. The van der Waals surface area contributed by atoms with Gasteiger partial charge in [0.15, 0.2) is 18.2 Å². The molecule has 2 aliphatic heterocycles. The molecule has 2 saturated heterocycles. The number of ether oxygens (including phenoxy) is 5. The quantitative estimate of drug-likeness (QED) is 0.136. The van der Waals surface area contributed by atoms with Crippen LogP contribution < -0.4 is 14.9 Å². The number of aromatic hydroxyl groups is 2. The van der Waals surface area contributed by atoms with Crippen molar-refractivity contribution in [2.75, 3.05) is 13.7 Å². The van der Waals surface area contributed by atoms with Crippen molar-refractivity contribution in [2.45, 2.75) is 88.1 Å². The summed E-state index contributed by atoms with van der Waals surface area (Å²) in [6.45, 7) is 6.34. The van der Waals surface area contributed by atoms with Crippen molar-refractivity contribution in [2.24, 2.45) is 0 Å². The smallest absolute Gasteiger partial charge is 0.239 e. The molecule has 48 heavy (non-hydrogen) atoms. The van der Waals surface area contributed by atoms with Crippen LogP contribution in [0.4, 0.5) is 0 Å². The molecule has 2 fully saturated rings. The van der Waals surface area contributed by atoms with Gasteiger partial charge in [-0.25, -0.2) is 0 Å². The Morgan fingerprint density at radius 2 is 1.60 bits per heavy atom. The molecule has 2 aromatic carbocycles. The average Bonchev–Trinajstić information content (AvgIpc) is 3.05. The Balaban J connectivity index is 1.64. The normalized spacial score (nSPS) is 30.7. The fourth-order valence-electron chi connectivity index (χ4n) is 5.68. The van der Waals surface area contributed by atoms with Crippen LogP contribution in [0.2, 0.25) is 0 Å². The third kappa shape index (κ3) is 6.74. The van der Waals surface area contributed by atoms with Crippen LogP contribution in [0, 0.1) is 0 Å². The van der Waals surface area contributed by atoms with E-state index in [0.717, 1.165) is 11.6 Å². The Labute approximate surface area is 274 Å². The van der Waals surface area contributed by atoms with Crippen LogP contribution in [0.5, 0.6) is 23.0 Å². The molecule has 15 heteroatoms. The highest BCUT2D eigenvalue weighted by Crippen LogP contribution is 2.41. The first-order valence-electron chi connectivity index (χ1n) is 15.2. The number of hydrogen-bond acceptors (Lipinski definition) is 15. The third-order valence-corrected chi connectivity index (χ3v) is 8.50. The van der Waals surface area contributed by atoms with E-state index in [4.69, 9.17) is 28.1 Å². The predicted octanol–water partition coefficient (Wildman–Crippen LogP) is 0.419. The fourth-order valence-corrected chi connectivity index (χ4v) is 5.68. The van der Waals surface area contributed by atoms with E-state index in [1.807, 2.05) is 0 Å². The van der Waals surface area contributed by atoms with Crippen LogP contribution in [-0.2, 0) is 20.6 Å². The second-order valence-electron chi connectivity index (χ2n) is 12.0. The van der Waals surface area contributed by atoms with Crippen molar-refractivity contribution in [3.63, 3.8) is 0 Å². The molecule has 15 nitrogen and oxygen atoms in total. The molecule has 0 amide bonds. The van der Waals surface area contributed by atoms with E-state index >= 15 is 0 Å². The number of phenols is 2. The zero-order chi connectivity index (χ0) is 35.0. The summed E-state index contributed by atoms with van der Waals surface area (Å²) >= 11 is 0. The largest absolute Gasteiger partial charge is 0.507 e. The number of allylic oxidation sites excluding steroid dienone is 1. The molecule has 0 bridgehead atoms. The number of hydrogen-bond donors (Lipinski definition) is 8. The Bertz CT molecular complexity index is 1670. The second-order valence-corrected chi connectivity index (χ2v) is 12.0. The van der Waals surface area contributed by atoms with E-state index in [0.29, 0.717) is 17.7 Å². The lowest BCUT2D eigenvalue weighted by molar-refractivity contribution is -0.355. The minimum atomic E-state index is -1.88. The second kappa shape index (κ2) is 14.4. The molecular formula is C33H40O15. The van der Waals surface area contributed by atoms with Crippen molar-refractivity contribution in [1.29, 1.82) is 0 Å². The lowest BCUT2D eigenvalue weighted by Gasteiger charge is -2.45. The Hall–Kier alpha value is -3.77. The number of rotatable bonds is 10. The first-order valence-corrected chi connectivity index (χ1v) is 15.2. The van der Waals surface area contributed by atoms with Crippen molar-refractivity contribution in [3.05, 3.63) is 58.3 Å². The van der Waals surface area contributed by atoms with Gasteiger partial charge < -0.3 is 69.0 Å². The third-order valence-electron chi connectivity index (χ3n) is 8.50. The number of aliphatic hydroxyl groups is 6. The molecule has 0 radical (unpaired) electrons. The maximum absolute atomic E-state index is 14.2. The number of aliphatic hydroxyl groups excluding tert-OH is 6. The summed E-state index contributed by atoms with van der Waals surface area (Å²) in [5, 5.41) is 83.7. The molecule has 0 spiro atoms. The highest BCUT2D eigenvalue weighted by Gasteiger charge is 2.51. The van der Waals surface area contributed by atoms with Gasteiger partial charge in [-0.2, -0.15) is 0 Å². The maximum atomic E-state index is 14.2. The SMILES string of the molecule is C=C(C)CCc1c(O)cc(O)c2c(=O)c(O[C@@H]3O[C@@H](C)[C@H](O)[C@@H](O)[C@H]3O[C@@H]3O[C@H](CO)[C@@H](O)[C@H](O)[C@H]3O)c(-c3ccc(OC)cc3)oc12. The van der Waals surface area contributed by atoms with Crippen molar-refractivity contribution in [1.82, 2.24) is 0 Å². The summed E-state index contributed by atoms with van der Waals surface area (Å²) in [4.78, 5) is 14.2. The van der Waals surface area contributed by atoms with E-state index in [9.17, 15) is 45.6 Å². The predicted molar refractivity (Wildman–Crippen MR) is 167 cm³/mol. The zero-order valence-electron chi connectivity index (χ0n) is 26.4. The molecule has 0 aliphatic carbocycles. The van der Waals surface area contributed by atoms with Gasteiger partial charge in [0.1, 0.15) is 64.8 Å². The van der Waals surface area contributed by atoms with Gasteiger partial charge >= 0.3 is 0 Å². The van der Waals surface area contributed by atoms with Crippen LogP contribution in [0.25, 0.3) is 22.3 Å². The van der Waals surface area contributed by atoms with E-state index in [-0.39, 0.29) is 34.5 Å². The highest BCUT2D eigenvalue weighted by atomic mass is 16.8. The maximum Gasteiger partial charge on any atom is 0.239 e. The summed E-state index contributed by atoms with van der Waals surface area (Å²) in [7, 11) is 1.47. The Morgan fingerprint density at radius 3 is 2.23 bits per heavy atom. The lowest BCUT2D eigenvalue weighted by atomic mass is 9.97. The topological polar surface area (TPSA) is 238 Å². The summed E-state index contributed by atoms with van der Waals surface area (Å²) in [6, 6.07) is 7.33. The van der Waals surface area contributed by atoms with Crippen LogP contribution in [0.3, 0.4) is 0 Å². The van der Waals surface area contributed by atoms with Gasteiger partial charge in [-0.3, -0.25) is 4.79 Å². The van der Waals surface area contributed by atoms with Gasteiger partial charge in [0.2, 0.25) is 17.5 Å². The van der Waals surface area contributed by atoms with Crippen LogP contribution >= 0.6 is 0 Å². The molecular weight excluding hydrogens is 636 g/mol. The molecule has 8 N–H and O–H groups in total. The van der Waals surface area contributed by atoms with Crippen molar-refractivity contribution >= 4 is 11.0 Å². The van der Waals surface area contributed by atoms with Gasteiger partial charge in [0.25, 0.3) is 0 Å². The molecule has 0 saturated carbocycles. The molecule has 0 unspecified atom stereocenters. The van der Waals surface area contributed by atoms with E-state index < -0.39 is 84.9 Å².